The summed E-state index contributed by atoms with van der Waals surface area (Å²) in [5.41, 5.74) is 1.34. The molecule has 0 saturated carbocycles. The maximum absolute atomic E-state index is 13.9. The first-order valence-corrected chi connectivity index (χ1v) is 11.6. The topological polar surface area (TPSA) is 63.2 Å². The van der Waals surface area contributed by atoms with Gasteiger partial charge in [0.2, 0.25) is 5.91 Å². The van der Waals surface area contributed by atoms with Crippen molar-refractivity contribution in [2.24, 2.45) is 0 Å². The van der Waals surface area contributed by atoms with E-state index in [9.17, 15) is 17.6 Å². The van der Waals surface area contributed by atoms with E-state index in [2.05, 4.69) is 21.2 Å². The van der Waals surface area contributed by atoms with Gasteiger partial charge in [0.05, 0.1) is 11.8 Å². The van der Waals surface area contributed by atoms with Crippen molar-refractivity contribution in [2.75, 3.05) is 11.5 Å². The van der Waals surface area contributed by atoms with Crippen LogP contribution in [-0.2, 0) is 20.4 Å². The molecule has 1 atom stereocenters. The van der Waals surface area contributed by atoms with Crippen LogP contribution in [0.2, 0.25) is 0 Å². The standard InChI is InChI=1S/C18H17BrFNO3S2/c19-13-6-4-12(5-7-13)10-26(23,24)11-17(22)21-16-8-9-25-18-14(16)2-1-3-15(18)20/h1-7,16H,8-11H2,(H,21,22). The van der Waals surface area contributed by atoms with E-state index in [1.54, 1.807) is 36.4 Å². The summed E-state index contributed by atoms with van der Waals surface area (Å²) in [5.74, 6) is -0.982. The molecule has 0 bridgehead atoms. The van der Waals surface area contributed by atoms with Crippen molar-refractivity contribution < 1.29 is 17.6 Å². The van der Waals surface area contributed by atoms with Crippen LogP contribution < -0.4 is 5.32 Å². The maximum atomic E-state index is 13.9. The Morgan fingerprint density at radius 2 is 1.96 bits per heavy atom. The Kier molecular flexibility index (Phi) is 6.04. The molecule has 0 spiro atoms. The molecular formula is C18H17BrFNO3S2. The first-order chi connectivity index (χ1) is 12.3. The second kappa shape index (κ2) is 8.10. The molecule has 1 aliphatic heterocycles. The molecule has 0 saturated heterocycles. The summed E-state index contributed by atoms with van der Waals surface area (Å²) in [6, 6.07) is 11.3. The number of hydrogen-bond acceptors (Lipinski definition) is 4. The Bertz CT molecular complexity index is 917. The van der Waals surface area contributed by atoms with Gasteiger partial charge in [-0.2, -0.15) is 0 Å². The Hall–Kier alpha value is -1.38. The van der Waals surface area contributed by atoms with Crippen LogP contribution in [0.15, 0.2) is 51.8 Å². The molecule has 1 heterocycles. The molecule has 26 heavy (non-hydrogen) atoms. The average molecular weight is 458 g/mol. The lowest BCUT2D eigenvalue weighted by Gasteiger charge is -2.26. The molecule has 0 radical (unpaired) electrons. The summed E-state index contributed by atoms with van der Waals surface area (Å²) < 4.78 is 39.3. The minimum atomic E-state index is -3.59. The molecule has 0 aliphatic carbocycles. The smallest absolute Gasteiger partial charge is 0.235 e. The number of halogens is 2. The van der Waals surface area contributed by atoms with Crippen molar-refractivity contribution in [2.45, 2.75) is 23.1 Å². The molecule has 4 nitrogen and oxygen atoms in total. The predicted molar refractivity (Wildman–Crippen MR) is 104 cm³/mol. The molecule has 1 N–H and O–H groups in total. The molecule has 3 rings (SSSR count). The molecule has 138 valence electrons. The zero-order valence-electron chi connectivity index (χ0n) is 13.7. The normalized spacial score (nSPS) is 16.8. The third-order valence-electron chi connectivity index (χ3n) is 4.01. The largest absolute Gasteiger partial charge is 0.348 e. The van der Waals surface area contributed by atoms with Crippen LogP contribution in [0.4, 0.5) is 4.39 Å². The zero-order valence-corrected chi connectivity index (χ0v) is 17.0. The summed E-state index contributed by atoms with van der Waals surface area (Å²) in [7, 11) is -3.59. The molecule has 2 aromatic rings. The van der Waals surface area contributed by atoms with Gasteiger partial charge in [0, 0.05) is 15.1 Å². The number of benzene rings is 2. The summed E-state index contributed by atoms with van der Waals surface area (Å²) in [6.45, 7) is 0. The van der Waals surface area contributed by atoms with Crippen LogP contribution in [0.25, 0.3) is 0 Å². The summed E-state index contributed by atoms with van der Waals surface area (Å²) in [5, 5.41) is 2.75. The highest BCUT2D eigenvalue weighted by Crippen LogP contribution is 2.37. The first kappa shape index (κ1) is 19.4. The molecule has 8 heteroatoms. The van der Waals surface area contributed by atoms with Crippen LogP contribution in [0, 0.1) is 5.82 Å². The van der Waals surface area contributed by atoms with Gasteiger partial charge in [-0.3, -0.25) is 4.79 Å². The third kappa shape index (κ3) is 4.86. The molecule has 0 aromatic heterocycles. The molecule has 0 fully saturated rings. The lowest BCUT2D eigenvalue weighted by atomic mass is 10.0. The molecule has 2 aromatic carbocycles. The van der Waals surface area contributed by atoms with Gasteiger partial charge in [-0.1, -0.05) is 40.2 Å². The quantitative estimate of drug-likeness (QED) is 0.740. The highest BCUT2D eigenvalue weighted by atomic mass is 79.9. The van der Waals surface area contributed by atoms with Gasteiger partial charge in [-0.25, -0.2) is 12.8 Å². The van der Waals surface area contributed by atoms with Gasteiger partial charge in [0.15, 0.2) is 9.84 Å². The van der Waals surface area contributed by atoms with Gasteiger partial charge >= 0.3 is 0 Å². The second-order valence-corrected chi connectivity index (χ2v) is 10.2. The lowest BCUT2D eigenvalue weighted by Crippen LogP contribution is -2.35. The van der Waals surface area contributed by atoms with Crippen molar-refractivity contribution in [1.29, 1.82) is 0 Å². The second-order valence-electron chi connectivity index (χ2n) is 6.07. The number of carbonyl (C=O) groups excluding carboxylic acids is 1. The number of carbonyl (C=O) groups is 1. The molecule has 1 unspecified atom stereocenters. The van der Waals surface area contributed by atoms with Crippen molar-refractivity contribution in [3.8, 4) is 0 Å². The Balaban J connectivity index is 1.66. The Morgan fingerprint density at radius 1 is 1.23 bits per heavy atom. The minimum Gasteiger partial charge on any atom is -0.348 e. The van der Waals surface area contributed by atoms with Gasteiger partial charge in [0.1, 0.15) is 11.6 Å². The number of nitrogens with one attached hydrogen (secondary N) is 1. The van der Waals surface area contributed by atoms with Crippen LogP contribution in [0.3, 0.4) is 0 Å². The summed E-state index contributed by atoms with van der Waals surface area (Å²) >= 11 is 4.71. The maximum Gasteiger partial charge on any atom is 0.235 e. The van der Waals surface area contributed by atoms with Gasteiger partial charge < -0.3 is 5.32 Å². The number of amides is 1. The Labute approximate surface area is 164 Å². The van der Waals surface area contributed by atoms with Gasteiger partial charge in [-0.05, 0) is 35.7 Å². The molecule has 1 amide bonds. The van der Waals surface area contributed by atoms with Crippen molar-refractivity contribution in [3.05, 3.63) is 63.9 Å². The van der Waals surface area contributed by atoms with E-state index >= 15 is 0 Å². The summed E-state index contributed by atoms with van der Waals surface area (Å²) in [4.78, 5) is 12.8. The van der Waals surface area contributed by atoms with Crippen LogP contribution in [0.1, 0.15) is 23.6 Å². The highest BCUT2D eigenvalue weighted by Gasteiger charge is 2.26. The predicted octanol–water partition coefficient (Wildman–Crippen LogP) is 3.86. The van der Waals surface area contributed by atoms with E-state index in [1.165, 1.54) is 17.8 Å². The van der Waals surface area contributed by atoms with Gasteiger partial charge in [0.25, 0.3) is 0 Å². The average Bonchev–Trinajstić information content (AvgIpc) is 2.57. The third-order valence-corrected chi connectivity index (χ3v) is 7.17. The van der Waals surface area contributed by atoms with E-state index in [0.717, 1.165) is 4.47 Å². The zero-order chi connectivity index (χ0) is 18.7. The fourth-order valence-electron chi connectivity index (χ4n) is 2.86. The fourth-order valence-corrected chi connectivity index (χ4v) is 5.55. The van der Waals surface area contributed by atoms with Crippen molar-refractivity contribution in [1.82, 2.24) is 5.32 Å². The number of rotatable bonds is 5. The highest BCUT2D eigenvalue weighted by molar-refractivity contribution is 9.10. The van der Waals surface area contributed by atoms with Crippen LogP contribution >= 0.6 is 27.7 Å². The van der Waals surface area contributed by atoms with E-state index < -0.39 is 21.5 Å². The first-order valence-electron chi connectivity index (χ1n) is 7.99. The molecule has 1 aliphatic rings. The van der Waals surface area contributed by atoms with E-state index in [0.29, 0.717) is 28.2 Å². The number of hydrogen-bond donors (Lipinski definition) is 1. The molecular weight excluding hydrogens is 441 g/mol. The van der Waals surface area contributed by atoms with E-state index in [4.69, 9.17) is 0 Å². The van der Waals surface area contributed by atoms with Crippen molar-refractivity contribution in [3.63, 3.8) is 0 Å². The van der Waals surface area contributed by atoms with Gasteiger partial charge in [-0.15, -0.1) is 11.8 Å². The van der Waals surface area contributed by atoms with Crippen molar-refractivity contribution >= 4 is 43.4 Å². The van der Waals surface area contributed by atoms with Crippen LogP contribution in [0.5, 0.6) is 0 Å². The number of thioether (sulfide) groups is 1. The minimum absolute atomic E-state index is 0.195. The Morgan fingerprint density at radius 3 is 2.69 bits per heavy atom. The number of fused-ring (bicyclic) bond motifs is 1. The lowest BCUT2D eigenvalue weighted by molar-refractivity contribution is -0.119. The number of sulfone groups is 1. The van der Waals surface area contributed by atoms with Crippen LogP contribution in [-0.4, -0.2) is 25.8 Å². The SMILES string of the molecule is O=C(CS(=O)(=O)Cc1ccc(Br)cc1)NC1CCSc2c(F)cccc21. The monoisotopic (exact) mass is 457 g/mol. The van der Waals surface area contributed by atoms with E-state index in [-0.39, 0.29) is 17.6 Å². The summed E-state index contributed by atoms with van der Waals surface area (Å²) in [6.07, 6.45) is 0.639. The fraction of sp³-hybridized carbons (Fsp3) is 0.278. The van der Waals surface area contributed by atoms with E-state index in [1.807, 2.05) is 0 Å².